The van der Waals surface area contributed by atoms with Crippen molar-refractivity contribution >= 4 is 11.6 Å². The summed E-state index contributed by atoms with van der Waals surface area (Å²) >= 11 is 0. The molecule has 4 nitrogen and oxygen atoms in total. The lowest BCUT2D eigenvalue weighted by atomic mass is 9.99. The van der Waals surface area contributed by atoms with Crippen LogP contribution < -0.4 is 10.2 Å². The highest BCUT2D eigenvalue weighted by atomic mass is 16.2. The Kier molecular flexibility index (Phi) is 4.06. The highest BCUT2D eigenvalue weighted by molar-refractivity contribution is 5.82. The molecule has 0 spiro atoms. The Morgan fingerprint density at radius 3 is 2.53 bits per heavy atom. The lowest BCUT2D eigenvalue weighted by Crippen LogP contribution is -2.32. The SMILES string of the molecule is CN(C)c1ccc(CC(C#N)C(=O)NC2CC2)cc1. The van der Waals surface area contributed by atoms with Gasteiger partial charge in [0.2, 0.25) is 5.91 Å². The Bertz CT molecular complexity index is 483. The zero-order valence-electron chi connectivity index (χ0n) is 11.4. The molecule has 1 aliphatic rings. The van der Waals surface area contributed by atoms with Gasteiger partial charge in [0.25, 0.3) is 0 Å². The zero-order chi connectivity index (χ0) is 13.8. The first-order valence-electron chi connectivity index (χ1n) is 6.56. The number of carbonyl (C=O) groups excluding carboxylic acids is 1. The number of rotatable bonds is 5. The molecule has 1 atom stereocenters. The van der Waals surface area contributed by atoms with Gasteiger partial charge in [-0.1, -0.05) is 12.1 Å². The molecule has 1 unspecified atom stereocenters. The summed E-state index contributed by atoms with van der Waals surface area (Å²) in [6.07, 6.45) is 2.56. The lowest BCUT2D eigenvalue weighted by Gasteiger charge is -2.14. The Labute approximate surface area is 114 Å². The number of nitrogens with one attached hydrogen (secondary N) is 1. The van der Waals surface area contributed by atoms with Crippen molar-refractivity contribution in [2.75, 3.05) is 19.0 Å². The van der Waals surface area contributed by atoms with Gasteiger partial charge in [0.15, 0.2) is 0 Å². The van der Waals surface area contributed by atoms with Gasteiger partial charge in [-0.25, -0.2) is 0 Å². The summed E-state index contributed by atoms with van der Waals surface area (Å²) in [6, 6.07) is 10.4. The predicted octanol–water partition coefficient (Wildman–Crippen LogP) is 1.71. The Morgan fingerprint density at radius 2 is 2.05 bits per heavy atom. The minimum Gasteiger partial charge on any atom is -0.378 e. The molecule has 1 aromatic carbocycles. The maximum Gasteiger partial charge on any atom is 0.237 e. The van der Waals surface area contributed by atoms with Gasteiger partial charge in [-0.15, -0.1) is 0 Å². The minimum absolute atomic E-state index is 0.137. The molecule has 100 valence electrons. The first kappa shape index (κ1) is 13.4. The fourth-order valence-corrected chi connectivity index (χ4v) is 1.89. The first-order valence-corrected chi connectivity index (χ1v) is 6.56. The van der Waals surface area contributed by atoms with Gasteiger partial charge in [-0.3, -0.25) is 4.79 Å². The summed E-state index contributed by atoms with van der Waals surface area (Å²) in [7, 11) is 3.96. The topological polar surface area (TPSA) is 56.1 Å². The largest absolute Gasteiger partial charge is 0.378 e. The minimum atomic E-state index is -0.592. The number of nitrogens with zero attached hydrogens (tertiary/aromatic N) is 2. The molecule has 1 fully saturated rings. The van der Waals surface area contributed by atoms with E-state index >= 15 is 0 Å². The van der Waals surface area contributed by atoms with E-state index in [9.17, 15) is 4.79 Å². The van der Waals surface area contributed by atoms with Crippen LogP contribution in [0.25, 0.3) is 0 Å². The fraction of sp³-hybridized carbons (Fsp3) is 0.467. The summed E-state index contributed by atoms with van der Waals surface area (Å²) in [6.45, 7) is 0. The normalized spacial score (nSPS) is 15.4. The average Bonchev–Trinajstić information content (AvgIpc) is 3.20. The van der Waals surface area contributed by atoms with E-state index in [1.807, 2.05) is 43.3 Å². The summed E-state index contributed by atoms with van der Waals surface area (Å²) in [5.41, 5.74) is 2.13. The van der Waals surface area contributed by atoms with Crippen LogP contribution in [0.3, 0.4) is 0 Å². The third-order valence-corrected chi connectivity index (χ3v) is 3.29. The van der Waals surface area contributed by atoms with Gasteiger partial charge in [0.05, 0.1) is 6.07 Å². The Hall–Kier alpha value is -2.02. The second kappa shape index (κ2) is 5.75. The van der Waals surface area contributed by atoms with Crippen molar-refractivity contribution in [3.8, 4) is 6.07 Å². The summed E-state index contributed by atoms with van der Waals surface area (Å²) in [5.74, 6) is -0.729. The molecule has 19 heavy (non-hydrogen) atoms. The number of hydrogen-bond acceptors (Lipinski definition) is 3. The smallest absolute Gasteiger partial charge is 0.237 e. The Balaban J connectivity index is 1.97. The molecule has 0 heterocycles. The van der Waals surface area contributed by atoms with Crippen molar-refractivity contribution in [1.82, 2.24) is 5.32 Å². The molecule has 0 saturated heterocycles. The van der Waals surface area contributed by atoms with Crippen LogP contribution in [0.15, 0.2) is 24.3 Å². The molecule has 0 radical (unpaired) electrons. The van der Waals surface area contributed by atoms with Gasteiger partial charge in [-0.05, 0) is 37.0 Å². The molecule has 0 aliphatic heterocycles. The molecule has 0 bridgehead atoms. The lowest BCUT2D eigenvalue weighted by molar-refractivity contribution is -0.123. The van der Waals surface area contributed by atoms with E-state index in [1.165, 1.54) is 0 Å². The van der Waals surface area contributed by atoms with Gasteiger partial charge >= 0.3 is 0 Å². The zero-order valence-corrected chi connectivity index (χ0v) is 11.4. The van der Waals surface area contributed by atoms with E-state index < -0.39 is 5.92 Å². The van der Waals surface area contributed by atoms with E-state index in [-0.39, 0.29) is 5.91 Å². The standard InChI is InChI=1S/C15H19N3O/c1-18(2)14-7-3-11(4-8-14)9-12(10-16)15(19)17-13-5-6-13/h3-4,7-8,12-13H,5-6,9H2,1-2H3,(H,17,19). The second-order valence-electron chi connectivity index (χ2n) is 5.23. The van der Waals surface area contributed by atoms with Crippen molar-refractivity contribution in [2.45, 2.75) is 25.3 Å². The summed E-state index contributed by atoms with van der Waals surface area (Å²) in [4.78, 5) is 13.9. The van der Waals surface area contributed by atoms with Crippen LogP contribution >= 0.6 is 0 Å². The highest BCUT2D eigenvalue weighted by Gasteiger charge is 2.27. The molecule has 2 rings (SSSR count). The number of nitriles is 1. The van der Waals surface area contributed by atoms with Crippen LogP contribution in [-0.2, 0) is 11.2 Å². The van der Waals surface area contributed by atoms with Crippen molar-refractivity contribution in [3.05, 3.63) is 29.8 Å². The molecule has 4 heteroatoms. The molecule has 1 aliphatic carbocycles. The molecule has 1 N–H and O–H groups in total. The van der Waals surface area contributed by atoms with E-state index in [0.29, 0.717) is 12.5 Å². The molecule has 0 aromatic heterocycles. The van der Waals surface area contributed by atoms with Gasteiger partial charge < -0.3 is 10.2 Å². The third kappa shape index (κ3) is 3.72. The number of amides is 1. The third-order valence-electron chi connectivity index (χ3n) is 3.29. The molecule has 1 aromatic rings. The second-order valence-corrected chi connectivity index (χ2v) is 5.23. The molecule has 1 amide bonds. The summed E-state index contributed by atoms with van der Waals surface area (Å²) < 4.78 is 0. The van der Waals surface area contributed by atoms with Crippen LogP contribution in [-0.4, -0.2) is 26.0 Å². The number of anilines is 1. The van der Waals surface area contributed by atoms with Crippen molar-refractivity contribution < 1.29 is 4.79 Å². The van der Waals surface area contributed by atoms with Crippen LogP contribution in [0, 0.1) is 17.2 Å². The van der Waals surface area contributed by atoms with Crippen molar-refractivity contribution in [1.29, 1.82) is 5.26 Å². The fourth-order valence-electron chi connectivity index (χ4n) is 1.89. The molecule has 1 saturated carbocycles. The predicted molar refractivity (Wildman–Crippen MR) is 74.7 cm³/mol. The van der Waals surface area contributed by atoms with Crippen LogP contribution in [0.2, 0.25) is 0 Å². The number of hydrogen-bond donors (Lipinski definition) is 1. The van der Waals surface area contributed by atoms with Gasteiger partial charge in [0, 0.05) is 25.8 Å². The average molecular weight is 257 g/mol. The molecular formula is C15H19N3O. The Morgan fingerprint density at radius 1 is 1.42 bits per heavy atom. The monoisotopic (exact) mass is 257 g/mol. The molecular weight excluding hydrogens is 238 g/mol. The quantitative estimate of drug-likeness (QED) is 0.873. The van der Waals surface area contributed by atoms with Crippen molar-refractivity contribution in [3.63, 3.8) is 0 Å². The maximum atomic E-state index is 11.9. The van der Waals surface area contributed by atoms with Gasteiger partial charge in [0.1, 0.15) is 5.92 Å². The van der Waals surface area contributed by atoms with Crippen molar-refractivity contribution in [2.24, 2.45) is 5.92 Å². The first-order chi connectivity index (χ1) is 9.10. The summed E-state index contributed by atoms with van der Waals surface area (Å²) in [5, 5.41) is 12.0. The maximum absolute atomic E-state index is 11.9. The van der Waals surface area contributed by atoms with E-state index in [2.05, 4.69) is 11.4 Å². The van der Waals surface area contributed by atoms with Gasteiger partial charge in [-0.2, -0.15) is 5.26 Å². The van der Waals surface area contributed by atoms with Crippen LogP contribution in [0.4, 0.5) is 5.69 Å². The number of benzene rings is 1. The van der Waals surface area contributed by atoms with E-state index in [4.69, 9.17) is 5.26 Å². The van der Waals surface area contributed by atoms with E-state index in [0.717, 1.165) is 24.1 Å². The van der Waals surface area contributed by atoms with Crippen LogP contribution in [0.5, 0.6) is 0 Å². The highest BCUT2D eigenvalue weighted by Crippen LogP contribution is 2.20. The van der Waals surface area contributed by atoms with E-state index in [1.54, 1.807) is 0 Å². The number of carbonyl (C=O) groups is 1. The van der Waals surface area contributed by atoms with Crippen LogP contribution in [0.1, 0.15) is 18.4 Å².